The fraction of sp³-hybridized carbons (Fsp3) is 0.381. The van der Waals surface area contributed by atoms with Gasteiger partial charge in [-0.1, -0.05) is 6.07 Å². The van der Waals surface area contributed by atoms with Gasteiger partial charge in [0.05, 0.1) is 17.6 Å². The SMILES string of the molecule is C[C@@]12CCC(C[C@H](Nc3ccc(-c4ccc5[nH]ccc5c4)nc3)C1)N2. The van der Waals surface area contributed by atoms with Gasteiger partial charge >= 0.3 is 0 Å². The summed E-state index contributed by atoms with van der Waals surface area (Å²) in [6, 6.07) is 14.0. The highest BCUT2D eigenvalue weighted by Crippen LogP contribution is 2.36. The molecule has 4 heteroatoms. The van der Waals surface area contributed by atoms with Crippen LogP contribution >= 0.6 is 0 Å². The lowest BCUT2D eigenvalue weighted by Crippen LogP contribution is -2.50. The number of nitrogens with one attached hydrogen (secondary N) is 3. The molecule has 2 aliphatic heterocycles. The van der Waals surface area contributed by atoms with Crippen molar-refractivity contribution >= 4 is 16.6 Å². The fourth-order valence-corrected chi connectivity index (χ4v) is 4.65. The number of anilines is 1. The summed E-state index contributed by atoms with van der Waals surface area (Å²) in [6.45, 7) is 2.36. The van der Waals surface area contributed by atoms with Gasteiger partial charge in [-0.2, -0.15) is 0 Å². The maximum absolute atomic E-state index is 4.69. The van der Waals surface area contributed by atoms with Crippen molar-refractivity contribution in [2.75, 3.05) is 5.32 Å². The van der Waals surface area contributed by atoms with Crippen molar-refractivity contribution in [3.63, 3.8) is 0 Å². The summed E-state index contributed by atoms with van der Waals surface area (Å²) in [5, 5.41) is 8.69. The van der Waals surface area contributed by atoms with Gasteiger partial charge in [0.25, 0.3) is 0 Å². The van der Waals surface area contributed by atoms with Crippen molar-refractivity contribution < 1.29 is 0 Å². The van der Waals surface area contributed by atoms with Gasteiger partial charge in [0, 0.05) is 40.3 Å². The number of aromatic amines is 1. The van der Waals surface area contributed by atoms with E-state index in [1.54, 1.807) is 0 Å². The molecule has 2 aliphatic rings. The standard InChI is InChI=1S/C21H24N4/c1-21-8-6-16(25-21)11-18(12-21)24-17-3-5-20(23-13-17)14-2-4-19-15(10-14)7-9-22-19/h2-5,7,9-10,13,16,18,22,24-25H,6,8,11-12H2,1H3/t16?,18-,21+/m0/s1. The molecule has 5 rings (SSSR count). The average molecular weight is 332 g/mol. The summed E-state index contributed by atoms with van der Waals surface area (Å²) >= 11 is 0. The van der Waals surface area contributed by atoms with E-state index in [-0.39, 0.29) is 0 Å². The topological polar surface area (TPSA) is 52.7 Å². The van der Waals surface area contributed by atoms with Gasteiger partial charge in [-0.15, -0.1) is 0 Å². The smallest absolute Gasteiger partial charge is 0.0703 e. The van der Waals surface area contributed by atoms with E-state index in [1.807, 2.05) is 12.4 Å². The Bertz CT molecular complexity index is 898. The molecular weight excluding hydrogens is 308 g/mol. The highest BCUT2D eigenvalue weighted by atomic mass is 15.1. The summed E-state index contributed by atoms with van der Waals surface area (Å²) in [4.78, 5) is 7.92. The van der Waals surface area contributed by atoms with Crippen LogP contribution in [0.1, 0.15) is 32.6 Å². The van der Waals surface area contributed by atoms with Crippen LogP contribution in [0.5, 0.6) is 0 Å². The van der Waals surface area contributed by atoms with Crippen LogP contribution in [0.3, 0.4) is 0 Å². The highest BCUT2D eigenvalue weighted by Gasteiger charge is 2.41. The molecule has 2 saturated heterocycles. The molecule has 128 valence electrons. The predicted octanol–water partition coefficient (Wildman–Crippen LogP) is 4.31. The first-order valence-corrected chi connectivity index (χ1v) is 9.25. The summed E-state index contributed by atoms with van der Waals surface area (Å²) in [5.74, 6) is 0. The minimum absolute atomic E-state index is 0.319. The second-order valence-electron chi connectivity index (χ2n) is 7.93. The zero-order valence-corrected chi connectivity index (χ0v) is 14.5. The third kappa shape index (κ3) is 2.81. The number of benzene rings is 1. The molecule has 3 atom stereocenters. The van der Waals surface area contributed by atoms with Gasteiger partial charge in [-0.25, -0.2) is 0 Å². The van der Waals surface area contributed by atoms with Crippen molar-refractivity contribution in [3.8, 4) is 11.3 Å². The Morgan fingerprint density at radius 1 is 1.20 bits per heavy atom. The van der Waals surface area contributed by atoms with E-state index in [0.717, 1.165) is 22.5 Å². The van der Waals surface area contributed by atoms with Gasteiger partial charge < -0.3 is 15.6 Å². The number of rotatable bonds is 3. The first-order valence-electron chi connectivity index (χ1n) is 9.25. The minimum atomic E-state index is 0.319. The molecule has 0 amide bonds. The summed E-state index contributed by atoms with van der Waals surface area (Å²) in [7, 11) is 0. The number of hydrogen-bond donors (Lipinski definition) is 3. The van der Waals surface area contributed by atoms with Crippen LogP contribution in [0.15, 0.2) is 48.8 Å². The molecule has 1 unspecified atom stereocenters. The quantitative estimate of drug-likeness (QED) is 0.670. The molecule has 25 heavy (non-hydrogen) atoms. The normalized spacial score (nSPS) is 28.4. The lowest BCUT2D eigenvalue weighted by molar-refractivity contribution is 0.282. The Morgan fingerprint density at radius 2 is 2.16 bits per heavy atom. The van der Waals surface area contributed by atoms with E-state index in [1.165, 1.54) is 31.1 Å². The maximum atomic E-state index is 4.69. The average Bonchev–Trinajstić information content (AvgIpc) is 3.18. The molecule has 0 saturated carbocycles. The first kappa shape index (κ1) is 15.0. The zero-order chi connectivity index (χ0) is 16.9. The summed E-state index contributed by atoms with van der Waals surface area (Å²) in [6.07, 6.45) is 8.96. The Hall–Kier alpha value is -2.33. The van der Waals surface area contributed by atoms with Crippen LogP contribution in [0.25, 0.3) is 22.2 Å². The van der Waals surface area contributed by atoms with Gasteiger partial charge in [-0.05, 0) is 62.9 Å². The van der Waals surface area contributed by atoms with Gasteiger partial charge in [0.2, 0.25) is 0 Å². The van der Waals surface area contributed by atoms with Crippen molar-refractivity contribution in [1.82, 2.24) is 15.3 Å². The van der Waals surface area contributed by atoms with Crippen LogP contribution in [0.2, 0.25) is 0 Å². The van der Waals surface area contributed by atoms with Crippen molar-refractivity contribution in [2.45, 2.75) is 50.2 Å². The molecule has 2 bridgehead atoms. The van der Waals surface area contributed by atoms with E-state index in [9.17, 15) is 0 Å². The molecule has 4 heterocycles. The third-order valence-electron chi connectivity index (χ3n) is 5.85. The fourth-order valence-electron chi connectivity index (χ4n) is 4.65. The number of H-pyrrole nitrogens is 1. The lowest BCUT2D eigenvalue weighted by atomic mass is 9.89. The molecule has 0 aliphatic carbocycles. The van der Waals surface area contributed by atoms with Crippen LogP contribution in [-0.4, -0.2) is 27.6 Å². The van der Waals surface area contributed by atoms with E-state index < -0.39 is 0 Å². The third-order valence-corrected chi connectivity index (χ3v) is 5.85. The number of pyridine rings is 1. The Kier molecular flexibility index (Phi) is 3.35. The Labute approximate surface area is 148 Å². The van der Waals surface area contributed by atoms with Gasteiger partial charge in [0.15, 0.2) is 0 Å². The first-order chi connectivity index (χ1) is 12.2. The van der Waals surface area contributed by atoms with Crippen molar-refractivity contribution in [2.24, 2.45) is 0 Å². The Morgan fingerprint density at radius 3 is 3.00 bits per heavy atom. The summed E-state index contributed by atoms with van der Waals surface area (Å²) < 4.78 is 0. The predicted molar refractivity (Wildman–Crippen MR) is 103 cm³/mol. The molecule has 3 N–H and O–H groups in total. The van der Waals surface area contributed by atoms with Crippen molar-refractivity contribution in [1.29, 1.82) is 0 Å². The van der Waals surface area contributed by atoms with Crippen molar-refractivity contribution in [3.05, 3.63) is 48.8 Å². The second-order valence-corrected chi connectivity index (χ2v) is 7.93. The molecule has 3 aromatic rings. The second kappa shape index (κ2) is 5.60. The molecule has 0 radical (unpaired) electrons. The van der Waals surface area contributed by atoms with E-state index in [0.29, 0.717) is 17.6 Å². The molecular formula is C21H24N4. The van der Waals surface area contributed by atoms with Crippen LogP contribution < -0.4 is 10.6 Å². The molecule has 1 aromatic carbocycles. The molecule has 4 nitrogen and oxygen atoms in total. The number of aromatic nitrogens is 2. The van der Waals surface area contributed by atoms with E-state index in [2.05, 4.69) is 63.9 Å². The minimum Gasteiger partial charge on any atom is -0.381 e. The number of piperidine rings is 1. The number of nitrogens with zero attached hydrogens (tertiary/aromatic N) is 1. The van der Waals surface area contributed by atoms with Gasteiger partial charge in [0.1, 0.15) is 0 Å². The maximum Gasteiger partial charge on any atom is 0.0703 e. The Balaban J connectivity index is 1.33. The zero-order valence-electron chi connectivity index (χ0n) is 14.5. The highest BCUT2D eigenvalue weighted by molar-refractivity contribution is 5.84. The molecule has 2 aromatic heterocycles. The van der Waals surface area contributed by atoms with Crippen LogP contribution in [-0.2, 0) is 0 Å². The van der Waals surface area contributed by atoms with Gasteiger partial charge in [-0.3, -0.25) is 4.98 Å². The lowest BCUT2D eigenvalue weighted by Gasteiger charge is -2.37. The number of hydrogen-bond acceptors (Lipinski definition) is 3. The molecule has 0 spiro atoms. The van der Waals surface area contributed by atoms with E-state index >= 15 is 0 Å². The molecule has 2 fully saturated rings. The largest absolute Gasteiger partial charge is 0.381 e. The van der Waals surface area contributed by atoms with E-state index in [4.69, 9.17) is 0 Å². The summed E-state index contributed by atoms with van der Waals surface area (Å²) in [5.41, 5.74) is 4.79. The van der Waals surface area contributed by atoms with Crippen LogP contribution in [0, 0.1) is 0 Å². The monoisotopic (exact) mass is 332 g/mol. The number of fused-ring (bicyclic) bond motifs is 3. The van der Waals surface area contributed by atoms with Crippen LogP contribution in [0.4, 0.5) is 5.69 Å².